The number of hydrogen-bond donors (Lipinski definition) is 2. The predicted molar refractivity (Wildman–Crippen MR) is 125 cm³/mol. The fourth-order valence-electron chi connectivity index (χ4n) is 3.79. The first-order valence-electron chi connectivity index (χ1n) is 9.86. The molecule has 162 valence electrons. The molecule has 0 radical (unpaired) electrons. The number of methoxy groups -OCH3 is 1. The van der Waals surface area contributed by atoms with E-state index in [0.717, 1.165) is 61.7 Å². The first-order chi connectivity index (χ1) is 15.6. The van der Waals surface area contributed by atoms with Crippen LogP contribution in [0.25, 0.3) is 27.5 Å². The highest BCUT2D eigenvalue weighted by atomic mass is 79.9. The Labute approximate surface area is 196 Å². The Kier molecular flexibility index (Phi) is 5.50. The molecule has 32 heavy (non-hydrogen) atoms. The predicted octanol–water partition coefficient (Wildman–Crippen LogP) is 4.59. The second kappa shape index (κ2) is 8.45. The number of benzene rings is 1. The van der Waals surface area contributed by atoms with Crippen LogP contribution in [0.5, 0.6) is 0 Å². The van der Waals surface area contributed by atoms with Gasteiger partial charge in [0.1, 0.15) is 0 Å². The zero-order valence-electron chi connectivity index (χ0n) is 17.0. The van der Waals surface area contributed by atoms with Crippen LogP contribution in [0, 0.1) is 0 Å². The molecule has 5 rings (SSSR count). The van der Waals surface area contributed by atoms with E-state index in [4.69, 9.17) is 9.84 Å². The van der Waals surface area contributed by atoms with E-state index in [1.54, 1.807) is 6.20 Å². The molecular formula is C22H18BrN5O3S. The van der Waals surface area contributed by atoms with Crippen LogP contribution < -0.4 is 5.32 Å². The molecule has 10 heteroatoms. The van der Waals surface area contributed by atoms with Gasteiger partial charge in [0.25, 0.3) is 0 Å². The summed E-state index contributed by atoms with van der Waals surface area (Å²) < 4.78 is 7.43. The Morgan fingerprint density at radius 3 is 2.94 bits per heavy atom. The van der Waals surface area contributed by atoms with Crippen molar-refractivity contribution in [1.82, 2.24) is 19.7 Å². The van der Waals surface area contributed by atoms with E-state index >= 15 is 0 Å². The van der Waals surface area contributed by atoms with Crippen molar-refractivity contribution in [3.05, 3.63) is 64.0 Å². The van der Waals surface area contributed by atoms with Crippen molar-refractivity contribution in [3.63, 3.8) is 0 Å². The minimum atomic E-state index is -0.553. The summed E-state index contributed by atoms with van der Waals surface area (Å²) in [6.07, 6.45) is 4.50. The Balaban J connectivity index is 1.72. The summed E-state index contributed by atoms with van der Waals surface area (Å²) in [5, 5.41) is 17.6. The van der Waals surface area contributed by atoms with E-state index in [2.05, 4.69) is 31.2 Å². The average Bonchev–Trinajstić information content (AvgIpc) is 3.40. The molecule has 3 heterocycles. The first kappa shape index (κ1) is 20.8. The maximum absolute atomic E-state index is 11.7. The van der Waals surface area contributed by atoms with Gasteiger partial charge in [-0.05, 0) is 58.6 Å². The zero-order valence-corrected chi connectivity index (χ0v) is 19.4. The lowest BCUT2D eigenvalue weighted by Crippen LogP contribution is -2.10. The molecule has 0 aliphatic heterocycles. The zero-order chi connectivity index (χ0) is 22.2. The van der Waals surface area contributed by atoms with E-state index in [1.165, 1.54) is 18.4 Å². The number of carbonyl (C=O) groups is 1. The van der Waals surface area contributed by atoms with Gasteiger partial charge in [-0.1, -0.05) is 17.4 Å². The molecule has 3 aromatic heterocycles. The lowest BCUT2D eigenvalue weighted by molar-refractivity contribution is 0.187. The molecule has 1 aliphatic rings. The summed E-state index contributed by atoms with van der Waals surface area (Å²) >= 11 is 5.03. The number of aliphatic hydroxyl groups is 1. The molecule has 8 nitrogen and oxygen atoms in total. The minimum absolute atomic E-state index is 0.0431. The minimum Gasteiger partial charge on any atom is -0.453 e. The summed E-state index contributed by atoms with van der Waals surface area (Å²) in [6.45, 7) is -0.0431. The number of fused-ring (bicyclic) bond motifs is 3. The van der Waals surface area contributed by atoms with Crippen LogP contribution in [-0.4, -0.2) is 38.1 Å². The topological polar surface area (TPSA) is 102 Å². The van der Waals surface area contributed by atoms with Gasteiger partial charge in [0, 0.05) is 28.0 Å². The standard InChI is InChI=1S/C22H18BrN5O3S/c1-31-22(30)26-21-25-16-6-5-14-18(13-3-2-8-24-10-13)27-28(19(14)20(16)32-21)17-7-4-12(11-29)9-15(17)23/h2-4,7-10,29H,5-6,11H2,1H3,(H,25,26,30). The van der Waals surface area contributed by atoms with Crippen LogP contribution in [0.3, 0.4) is 0 Å². The molecule has 1 amide bonds. The number of amides is 1. The summed E-state index contributed by atoms with van der Waals surface area (Å²) in [4.78, 5) is 21.5. The van der Waals surface area contributed by atoms with Crippen LogP contribution in [0.15, 0.2) is 47.2 Å². The van der Waals surface area contributed by atoms with Gasteiger partial charge in [-0.2, -0.15) is 5.10 Å². The number of aliphatic hydroxyl groups excluding tert-OH is 1. The number of aromatic nitrogens is 4. The van der Waals surface area contributed by atoms with E-state index in [-0.39, 0.29) is 6.61 Å². The van der Waals surface area contributed by atoms with Crippen LogP contribution in [0.4, 0.5) is 9.93 Å². The van der Waals surface area contributed by atoms with Crippen molar-refractivity contribution in [2.75, 3.05) is 12.4 Å². The van der Waals surface area contributed by atoms with Gasteiger partial charge in [0.15, 0.2) is 5.13 Å². The highest BCUT2D eigenvalue weighted by Crippen LogP contribution is 2.44. The van der Waals surface area contributed by atoms with Crippen molar-refractivity contribution in [2.45, 2.75) is 19.4 Å². The van der Waals surface area contributed by atoms with E-state index in [0.29, 0.717) is 5.13 Å². The quantitative estimate of drug-likeness (QED) is 0.415. The molecule has 0 atom stereocenters. The first-order valence-corrected chi connectivity index (χ1v) is 11.5. The average molecular weight is 512 g/mol. The van der Waals surface area contributed by atoms with Gasteiger partial charge < -0.3 is 9.84 Å². The third-order valence-electron chi connectivity index (χ3n) is 5.26. The molecule has 0 fully saturated rings. The SMILES string of the molecule is COC(=O)Nc1nc2c(s1)-c1c(c(-c3cccnc3)nn1-c1ccc(CO)cc1Br)CC2. The van der Waals surface area contributed by atoms with Gasteiger partial charge in [-0.15, -0.1) is 0 Å². The molecule has 0 bridgehead atoms. The molecule has 0 saturated heterocycles. The third-order valence-corrected chi connectivity index (χ3v) is 6.91. The molecule has 1 aromatic carbocycles. The van der Waals surface area contributed by atoms with Gasteiger partial charge in [-0.25, -0.2) is 14.5 Å². The lowest BCUT2D eigenvalue weighted by Gasteiger charge is -2.15. The maximum atomic E-state index is 11.7. The van der Waals surface area contributed by atoms with Crippen molar-refractivity contribution >= 4 is 38.5 Å². The van der Waals surface area contributed by atoms with Crippen molar-refractivity contribution in [2.24, 2.45) is 0 Å². The number of carbonyl (C=O) groups excluding carboxylic acids is 1. The van der Waals surface area contributed by atoms with Gasteiger partial charge in [0.05, 0.1) is 41.4 Å². The lowest BCUT2D eigenvalue weighted by atomic mass is 9.95. The number of nitrogens with zero attached hydrogens (tertiary/aromatic N) is 4. The van der Waals surface area contributed by atoms with Crippen LogP contribution in [-0.2, 0) is 24.2 Å². The number of aryl methyl sites for hydroxylation is 1. The fraction of sp³-hybridized carbons (Fsp3) is 0.182. The molecule has 2 N–H and O–H groups in total. The van der Waals surface area contributed by atoms with E-state index in [9.17, 15) is 9.90 Å². The summed E-state index contributed by atoms with van der Waals surface area (Å²) in [5.41, 5.74) is 6.42. The third kappa shape index (κ3) is 3.60. The molecular weight excluding hydrogens is 494 g/mol. The Hall–Kier alpha value is -3.08. The smallest absolute Gasteiger partial charge is 0.413 e. The van der Waals surface area contributed by atoms with Crippen molar-refractivity contribution < 1.29 is 14.6 Å². The number of rotatable bonds is 4. The number of halogens is 1. The number of pyridine rings is 1. The number of thiazole rings is 1. The monoisotopic (exact) mass is 511 g/mol. The Bertz CT molecular complexity index is 1320. The van der Waals surface area contributed by atoms with Crippen molar-refractivity contribution in [3.8, 4) is 27.5 Å². The highest BCUT2D eigenvalue weighted by Gasteiger charge is 2.30. The second-order valence-electron chi connectivity index (χ2n) is 7.18. The number of nitrogens with one attached hydrogen (secondary N) is 1. The molecule has 0 unspecified atom stereocenters. The van der Waals surface area contributed by atoms with Crippen molar-refractivity contribution in [1.29, 1.82) is 0 Å². The maximum Gasteiger partial charge on any atom is 0.413 e. The Morgan fingerprint density at radius 1 is 1.34 bits per heavy atom. The number of anilines is 1. The summed E-state index contributed by atoms with van der Waals surface area (Å²) in [5.74, 6) is 0. The van der Waals surface area contributed by atoms with Crippen LogP contribution >= 0.6 is 27.3 Å². The van der Waals surface area contributed by atoms with E-state index < -0.39 is 6.09 Å². The van der Waals surface area contributed by atoms with Gasteiger partial charge in [-0.3, -0.25) is 10.3 Å². The summed E-state index contributed by atoms with van der Waals surface area (Å²) in [7, 11) is 1.32. The highest BCUT2D eigenvalue weighted by molar-refractivity contribution is 9.10. The fourth-order valence-corrected chi connectivity index (χ4v) is 5.44. The Morgan fingerprint density at radius 2 is 2.22 bits per heavy atom. The van der Waals surface area contributed by atoms with E-state index in [1.807, 2.05) is 41.2 Å². The molecule has 1 aliphatic carbocycles. The van der Waals surface area contributed by atoms with Crippen LogP contribution in [0.1, 0.15) is 16.8 Å². The van der Waals surface area contributed by atoms with Gasteiger partial charge >= 0.3 is 6.09 Å². The molecule has 0 spiro atoms. The second-order valence-corrected chi connectivity index (χ2v) is 9.04. The van der Waals surface area contributed by atoms with Crippen LogP contribution in [0.2, 0.25) is 0 Å². The van der Waals surface area contributed by atoms with Gasteiger partial charge in [0.2, 0.25) is 0 Å². The molecule has 4 aromatic rings. The largest absolute Gasteiger partial charge is 0.453 e. The number of ether oxygens (including phenoxy) is 1. The normalized spacial score (nSPS) is 12.2. The molecule has 0 saturated carbocycles. The summed E-state index contributed by atoms with van der Waals surface area (Å²) in [6, 6.07) is 9.58. The number of hydrogen-bond acceptors (Lipinski definition) is 7.